The first kappa shape index (κ1) is 31.8. The molecule has 2 heterocycles. The molecule has 2 fully saturated rings. The molecule has 0 radical (unpaired) electrons. The van der Waals surface area contributed by atoms with Crippen molar-refractivity contribution in [3.63, 3.8) is 0 Å². The van der Waals surface area contributed by atoms with Gasteiger partial charge in [0.25, 0.3) is 11.5 Å². The molecule has 2 N–H and O–H groups in total. The quantitative estimate of drug-likeness (QED) is 0.312. The minimum absolute atomic E-state index is 0.0230. The number of pyridine rings is 1. The number of morpholine rings is 1. The number of rotatable bonds is 11. The van der Waals surface area contributed by atoms with E-state index in [1.54, 1.807) is 4.90 Å². The van der Waals surface area contributed by atoms with Crippen LogP contribution in [-0.2, 0) is 16.1 Å². The van der Waals surface area contributed by atoms with Gasteiger partial charge >= 0.3 is 0 Å². The molecule has 1 aromatic heterocycles. The van der Waals surface area contributed by atoms with Crippen molar-refractivity contribution in [2.45, 2.75) is 47.1 Å². The van der Waals surface area contributed by atoms with Gasteiger partial charge in [0.1, 0.15) is 12.4 Å². The zero-order valence-corrected chi connectivity index (χ0v) is 26.7. The van der Waals surface area contributed by atoms with E-state index < -0.39 is 0 Å². The molecule has 1 saturated carbocycles. The molecular formula is C34H41ClN4O5. The lowest BCUT2D eigenvalue weighted by Gasteiger charge is -2.26. The topological polar surface area (TPSA) is 104 Å². The van der Waals surface area contributed by atoms with E-state index in [1.807, 2.05) is 64.1 Å². The van der Waals surface area contributed by atoms with E-state index in [-0.39, 0.29) is 29.8 Å². The van der Waals surface area contributed by atoms with Crippen LogP contribution in [0.15, 0.2) is 41.2 Å². The number of nitrogens with zero attached hydrogens (tertiary/aromatic N) is 2. The van der Waals surface area contributed by atoms with Crippen molar-refractivity contribution in [1.29, 1.82) is 0 Å². The van der Waals surface area contributed by atoms with Crippen molar-refractivity contribution in [2.24, 2.45) is 5.92 Å². The molecule has 0 unspecified atom stereocenters. The second kappa shape index (κ2) is 14.0. The van der Waals surface area contributed by atoms with Crippen LogP contribution in [0.25, 0.3) is 11.1 Å². The highest BCUT2D eigenvalue weighted by Crippen LogP contribution is 2.38. The number of H-pyrrole nitrogens is 1. The maximum atomic E-state index is 13.7. The molecule has 1 aliphatic carbocycles. The predicted molar refractivity (Wildman–Crippen MR) is 173 cm³/mol. The van der Waals surface area contributed by atoms with Crippen LogP contribution in [0.2, 0.25) is 5.02 Å². The van der Waals surface area contributed by atoms with Gasteiger partial charge < -0.3 is 24.7 Å². The Morgan fingerprint density at radius 3 is 2.50 bits per heavy atom. The molecule has 9 nitrogen and oxygen atoms in total. The standard InChI is InChI=1S/C34H41ClN4O5/c1-5-39(34(42)24-6-7-24)30-19-26(25-8-9-31(29(35)18-25)44-15-12-38-10-13-43-14-11-38)17-27(23(30)4)32(40)36-20-28-21(2)16-22(3)37-33(28)41/h8-9,16-19,24H,5-7,10-15,20H2,1-4H3,(H,36,40)(H,37,41). The third kappa shape index (κ3) is 7.34. The molecule has 2 aromatic carbocycles. The van der Waals surface area contributed by atoms with E-state index in [9.17, 15) is 14.4 Å². The zero-order valence-electron chi connectivity index (χ0n) is 25.9. The number of aromatic amines is 1. The summed E-state index contributed by atoms with van der Waals surface area (Å²) in [7, 11) is 0. The Morgan fingerprint density at radius 1 is 1.09 bits per heavy atom. The number of carbonyl (C=O) groups is 2. The Bertz CT molecular complexity index is 1590. The number of hydrogen-bond acceptors (Lipinski definition) is 6. The number of carbonyl (C=O) groups excluding carboxylic acids is 2. The summed E-state index contributed by atoms with van der Waals surface area (Å²) in [6.45, 7) is 12.6. The van der Waals surface area contributed by atoms with Crippen LogP contribution in [0.1, 0.15) is 52.5 Å². The lowest BCUT2D eigenvalue weighted by atomic mass is 9.96. The fourth-order valence-electron chi connectivity index (χ4n) is 5.65. The molecule has 234 valence electrons. The molecule has 0 bridgehead atoms. The van der Waals surface area contributed by atoms with Crippen molar-refractivity contribution in [2.75, 3.05) is 50.9 Å². The number of ether oxygens (including phenoxy) is 2. The largest absolute Gasteiger partial charge is 0.491 e. The normalized spacial score (nSPS) is 15.2. The summed E-state index contributed by atoms with van der Waals surface area (Å²) in [6.07, 6.45) is 1.77. The van der Waals surface area contributed by atoms with Gasteiger partial charge in [-0.25, -0.2) is 0 Å². The average molecular weight is 621 g/mol. The maximum absolute atomic E-state index is 13.7. The summed E-state index contributed by atoms with van der Waals surface area (Å²) in [5.74, 6) is 0.360. The maximum Gasteiger partial charge on any atom is 0.253 e. The first-order chi connectivity index (χ1) is 21.2. The highest BCUT2D eigenvalue weighted by Gasteiger charge is 2.34. The second-order valence-corrected chi connectivity index (χ2v) is 12.0. The summed E-state index contributed by atoms with van der Waals surface area (Å²) in [4.78, 5) is 46.4. The molecular weight excluding hydrogens is 580 g/mol. The summed E-state index contributed by atoms with van der Waals surface area (Å²) >= 11 is 6.69. The molecule has 1 saturated heterocycles. The van der Waals surface area contributed by atoms with Crippen LogP contribution in [-0.4, -0.2) is 67.7 Å². The van der Waals surface area contributed by atoms with Gasteiger partial charge in [-0.1, -0.05) is 17.7 Å². The SMILES string of the molecule is CCN(C(=O)C1CC1)c1cc(-c2ccc(OCCN3CCOCC3)c(Cl)c2)cc(C(=O)NCc2c(C)cc(C)[nH]c2=O)c1C. The Hall–Kier alpha value is -3.66. The van der Waals surface area contributed by atoms with Crippen LogP contribution in [0, 0.1) is 26.7 Å². The number of aromatic nitrogens is 1. The number of hydrogen-bond donors (Lipinski definition) is 2. The van der Waals surface area contributed by atoms with E-state index >= 15 is 0 Å². The molecule has 44 heavy (non-hydrogen) atoms. The van der Waals surface area contributed by atoms with Crippen LogP contribution in [0.4, 0.5) is 5.69 Å². The predicted octanol–water partition coefficient (Wildman–Crippen LogP) is 5.02. The fourth-order valence-corrected chi connectivity index (χ4v) is 5.88. The molecule has 1 aliphatic heterocycles. The minimum atomic E-state index is -0.325. The molecule has 2 aliphatic rings. The van der Waals surface area contributed by atoms with Crippen molar-refractivity contribution in [3.8, 4) is 16.9 Å². The summed E-state index contributed by atoms with van der Waals surface area (Å²) in [5.41, 5.74) is 5.24. The summed E-state index contributed by atoms with van der Waals surface area (Å²) in [6, 6.07) is 11.2. The number of aryl methyl sites for hydroxylation is 2. The number of benzene rings is 2. The molecule has 2 amide bonds. The lowest BCUT2D eigenvalue weighted by molar-refractivity contribution is -0.119. The van der Waals surface area contributed by atoms with Gasteiger partial charge in [0, 0.05) is 61.1 Å². The third-order valence-corrected chi connectivity index (χ3v) is 8.67. The first-order valence-corrected chi connectivity index (χ1v) is 15.7. The second-order valence-electron chi connectivity index (χ2n) is 11.6. The Balaban J connectivity index is 1.43. The number of nitrogens with one attached hydrogen (secondary N) is 2. The Kier molecular flexibility index (Phi) is 10.1. The summed E-state index contributed by atoms with van der Waals surface area (Å²) < 4.78 is 11.4. The van der Waals surface area contributed by atoms with E-state index in [2.05, 4.69) is 15.2 Å². The van der Waals surface area contributed by atoms with Crippen LogP contribution in [0.3, 0.4) is 0 Å². The van der Waals surface area contributed by atoms with Crippen LogP contribution < -0.4 is 20.5 Å². The number of amides is 2. The van der Waals surface area contributed by atoms with Gasteiger partial charge in [-0.3, -0.25) is 19.3 Å². The Morgan fingerprint density at radius 2 is 1.84 bits per heavy atom. The molecule has 3 aromatic rings. The molecule has 5 rings (SSSR count). The van der Waals surface area contributed by atoms with E-state index in [4.69, 9.17) is 21.1 Å². The Labute approximate surface area is 263 Å². The van der Waals surface area contributed by atoms with Gasteiger partial charge in [0.2, 0.25) is 5.91 Å². The van der Waals surface area contributed by atoms with Gasteiger partial charge in [0.15, 0.2) is 0 Å². The van der Waals surface area contributed by atoms with Gasteiger partial charge in [-0.15, -0.1) is 0 Å². The molecule has 0 atom stereocenters. The highest BCUT2D eigenvalue weighted by molar-refractivity contribution is 6.32. The van der Waals surface area contributed by atoms with E-state index in [0.717, 1.165) is 68.1 Å². The molecule has 0 spiro atoms. The van der Waals surface area contributed by atoms with Crippen LogP contribution in [0.5, 0.6) is 5.75 Å². The van der Waals surface area contributed by atoms with Crippen molar-refractivity contribution >= 4 is 29.1 Å². The third-order valence-electron chi connectivity index (χ3n) is 8.38. The summed E-state index contributed by atoms with van der Waals surface area (Å²) in [5, 5.41) is 3.40. The zero-order chi connectivity index (χ0) is 31.4. The number of anilines is 1. The van der Waals surface area contributed by atoms with Crippen molar-refractivity contribution in [3.05, 3.63) is 79.7 Å². The lowest BCUT2D eigenvalue weighted by Crippen LogP contribution is -2.38. The van der Waals surface area contributed by atoms with Crippen molar-refractivity contribution in [1.82, 2.24) is 15.2 Å². The minimum Gasteiger partial charge on any atom is -0.491 e. The monoisotopic (exact) mass is 620 g/mol. The van der Waals surface area contributed by atoms with Gasteiger partial charge in [-0.2, -0.15) is 0 Å². The first-order valence-electron chi connectivity index (χ1n) is 15.3. The van der Waals surface area contributed by atoms with Gasteiger partial charge in [-0.05, 0) is 93.1 Å². The molecule has 10 heteroatoms. The number of halogens is 1. The van der Waals surface area contributed by atoms with E-state index in [0.29, 0.717) is 46.3 Å². The fraction of sp³-hybridized carbons (Fsp3) is 0.441. The van der Waals surface area contributed by atoms with Crippen molar-refractivity contribution < 1.29 is 19.1 Å². The smallest absolute Gasteiger partial charge is 0.253 e. The van der Waals surface area contributed by atoms with Gasteiger partial charge in [0.05, 0.1) is 18.2 Å². The average Bonchev–Trinajstić information content (AvgIpc) is 3.85. The van der Waals surface area contributed by atoms with E-state index in [1.165, 1.54) is 0 Å². The van der Waals surface area contributed by atoms with Crippen LogP contribution >= 0.6 is 11.6 Å². The highest BCUT2D eigenvalue weighted by atomic mass is 35.5.